The fourth-order valence-electron chi connectivity index (χ4n) is 2.60. The van der Waals surface area contributed by atoms with Gasteiger partial charge in [-0.1, -0.05) is 26.8 Å². The summed E-state index contributed by atoms with van der Waals surface area (Å²) in [5, 5.41) is 8.94. The van der Waals surface area contributed by atoms with E-state index < -0.39 is 5.97 Å². The van der Waals surface area contributed by atoms with Crippen LogP contribution in [-0.2, 0) is 6.54 Å². The highest BCUT2D eigenvalue weighted by molar-refractivity contribution is 5.85. The number of carboxylic acid groups (broad SMARTS) is 1. The van der Waals surface area contributed by atoms with E-state index in [1.807, 2.05) is 6.07 Å². The molecule has 1 saturated heterocycles. The molecule has 1 unspecified atom stereocenters. The van der Waals surface area contributed by atoms with Crippen LogP contribution in [0.25, 0.3) is 0 Å². The molecule has 1 N–H and O–H groups in total. The van der Waals surface area contributed by atoms with Gasteiger partial charge >= 0.3 is 5.97 Å². The van der Waals surface area contributed by atoms with Crippen LogP contribution in [0.4, 0.5) is 0 Å². The second-order valence-electron chi connectivity index (χ2n) is 6.41. The molecule has 0 aromatic carbocycles. The maximum absolute atomic E-state index is 10.9. The summed E-state index contributed by atoms with van der Waals surface area (Å²) in [7, 11) is 0. The van der Waals surface area contributed by atoms with Gasteiger partial charge in [-0.05, 0) is 36.4 Å². The summed E-state index contributed by atoms with van der Waals surface area (Å²) >= 11 is 0. The molecule has 0 radical (unpaired) electrons. The fourth-order valence-corrected chi connectivity index (χ4v) is 2.60. The van der Waals surface area contributed by atoms with Crippen LogP contribution in [0.2, 0.25) is 0 Å². The molecule has 4 nitrogen and oxygen atoms in total. The smallest absolute Gasteiger partial charge is 0.354 e. The molecule has 2 heterocycles. The largest absolute Gasteiger partial charge is 0.477 e. The van der Waals surface area contributed by atoms with Crippen molar-refractivity contribution < 1.29 is 9.90 Å². The van der Waals surface area contributed by atoms with Gasteiger partial charge in [-0.15, -0.1) is 0 Å². The molecule has 1 aliphatic heterocycles. The summed E-state index contributed by atoms with van der Waals surface area (Å²) in [5.41, 5.74) is 1.31. The van der Waals surface area contributed by atoms with Crippen molar-refractivity contribution in [3.05, 3.63) is 29.6 Å². The van der Waals surface area contributed by atoms with Crippen molar-refractivity contribution in [1.29, 1.82) is 0 Å². The van der Waals surface area contributed by atoms with Crippen molar-refractivity contribution in [3.63, 3.8) is 0 Å². The number of hydrogen-bond acceptors (Lipinski definition) is 3. The first-order chi connectivity index (χ1) is 8.86. The number of rotatable bonds is 3. The highest BCUT2D eigenvalue weighted by Crippen LogP contribution is 2.33. The molecule has 1 aromatic heterocycles. The average Bonchev–Trinajstić information content (AvgIpc) is 2.77. The lowest BCUT2D eigenvalue weighted by molar-refractivity contribution is 0.0690. The SMILES string of the molecule is CC(C)(C)C1CCN(Cc2cccc(C(=O)O)n2)C1. The Labute approximate surface area is 114 Å². The molecule has 0 spiro atoms. The first-order valence-corrected chi connectivity index (χ1v) is 6.78. The number of likely N-dealkylation sites (tertiary alicyclic amines) is 1. The summed E-state index contributed by atoms with van der Waals surface area (Å²) < 4.78 is 0. The van der Waals surface area contributed by atoms with Gasteiger partial charge in [-0.3, -0.25) is 4.90 Å². The van der Waals surface area contributed by atoms with E-state index in [9.17, 15) is 4.79 Å². The minimum Gasteiger partial charge on any atom is -0.477 e. The monoisotopic (exact) mass is 262 g/mol. The van der Waals surface area contributed by atoms with E-state index >= 15 is 0 Å². The summed E-state index contributed by atoms with van der Waals surface area (Å²) in [6.45, 7) is 9.73. The number of carbonyl (C=O) groups is 1. The molecule has 19 heavy (non-hydrogen) atoms. The molecular weight excluding hydrogens is 240 g/mol. The number of nitrogens with zero attached hydrogens (tertiary/aromatic N) is 2. The Balaban J connectivity index is 1.99. The highest BCUT2D eigenvalue weighted by atomic mass is 16.4. The topological polar surface area (TPSA) is 53.4 Å². The van der Waals surface area contributed by atoms with Crippen molar-refractivity contribution in [2.45, 2.75) is 33.7 Å². The first-order valence-electron chi connectivity index (χ1n) is 6.78. The number of aromatic carboxylic acids is 1. The van der Waals surface area contributed by atoms with E-state index in [1.54, 1.807) is 6.07 Å². The minimum atomic E-state index is -0.962. The molecule has 0 aliphatic carbocycles. The number of hydrogen-bond donors (Lipinski definition) is 1. The maximum atomic E-state index is 10.9. The predicted molar refractivity (Wildman–Crippen MR) is 74.0 cm³/mol. The molecule has 104 valence electrons. The van der Waals surface area contributed by atoms with Crippen molar-refractivity contribution in [3.8, 4) is 0 Å². The normalized spacial score (nSPS) is 20.7. The summed E-state index contributed by atoms with van der Waals surface area (Å²) in [5.74, 6) is -0.258. The average molecular weight is 262 g/mol. The van der Waals surface area contributed by atoms with E-state index in [-0.39, 0.29) is 5.69 Å². The van der Waals surface area contributed by atoms with Crippen LogP contribution in [0.3, 0.4) is 0 Å². The Kier molecular flexibility index (Phi) is 3.90. The third-order valence-electron chi connectivity index (χ3n) is 3.91. The van der Waals surface area contributed by atoms with Crippen molar-refractivity contribution >= 4 is 5.97 Å². The first kappa shape index (κ1) is 14.0. The maximum Gasteiger partial charge on any atom is 0.354 e. The lowest BCUT2D eigenvalue weighted by atomic mass is 9.80. The van der Waals surface area contributed by atoms with Crippen LogP contribution in [0.1, 0.15) is 43.4 Å². The van der Waals surface area contributed by atoms with Crippen molar-refractivity contribution in [2.24, 2.45) is 11.3 Å². The molecule has 1 aliphatic rings. The molecule has 0 bridgehead atoms. The van der Waals surface area contributed by atoms with E-state index in [4.69, 9.17) is 5.11 Å². The van der Waals surface area contributed by atoms with Gasteiger partial charge in [0.05, 0.1) is 5.69 Å². The third kappa shape index (κ3) is 3.53. The van der Waals surface area contributed by atoms with Gasteiger partial charge < -0.3 is 5.11 Å². The van der Waals surface area contributed by atoms with E-state index in [1.165, 1.54) is 12.5 Å². The molecular formula is C15H22N2O2. The molecule has 0 amide bonds. The number of aromatic nitrogens is 1. The Morgan fingerprint density at radius 3 is 2.79 bits per heavy atom. The summed E-state index contributed by atoms with van der Waals surface area (Å²) in [6, 6.07) is 5.20. The second-order valence-corrected chi connectivity index (χ2v) is 6.41. The Morgan fingerprint density at radius 2 is 2.21 bits per heavy atom. The molecule has 4 heteroatoms. The van der Waals surface area contributed by atoms with Gasteiger partial charge in [0.25, 0.3) is 0 Å². The van der Waals surface area contributed by atoms with Crippen LogP contribution >= 0.6 is 0 Å². The Bertz CT molecular complexity index is 465. The van der Waals surface area contributed by atoms with Gasteiger partial charge in [0, 0.05) is 13.1 Å². The lowest BCUT2D eigenvalue weighted by Gasteiger charge is -2.27. The fraction of sp³-hybridized carbons (Fsp3) is 0.600. The minimum absolute atomic E-state index is 0.129. The van der Waals surface area contributed by atoms with Crippen LogP contribution < -0.4 is 0 Å². The highest BCUT2D eigenvalue weighted by Gasteiger charge is 2.31. The summed E-state index contributed by atoms with van der Waals surface area (Å²) in [4.78, 5) is 17.4. The second kappa shape index (κ2) is 5.29. The predicted octanol–water partition coefficient (Wildman–Crippen LogP) is 2.65. The van der Waals surface area contributed by atoms with E-state index in [0.717, 1.165) is 25.3 Å². The zero-order chi connectivity index (χ0) is 14.0. The molecule has 1 aromatic rings. The van der Waals surface area contributed by atoms with Gasteiger partial charge in [0.2, 0.25) is 0 Å². The molecule has 0 saturated carbocycles. The van der Waals surface area contributed by atoms with Crippen LogP contribution in [0.5, 0.6) is 0 Å². The van der Waals surface area contributed by atoms with Crippen LogP contribution in [0.15, 0.2) is 18.2 Å². The standard InChI is InChI=1S/C15H22N2O2/c1-15(2,3)11-7-8-17(9-11)10-12-5-4-6-13(16-12)14(18)19/h4-6,11H,7-10H2,1-3H3,(H,18,19). The number of carboxylic acids is 1. The quantitative estimate of drug-likeness (QED) is 0.910. The van der Waals surface area contributed by atoms with Gasteiger partial charge in [0.15, 0.2) is 0 Å². The van der Waals surface area contributed by atoms with Gasteiger partial charge in [0.1, 0.15) is 5.69 Å². The number of pyridine rings is 1. The summed E-state index contributed by atoms with van der Waals surface area (Å²) in [6.07, 6.45) is 1.21. The van der Waals surface area contributed by atoms with E-state index in [2.05, 4.69) is 30.7 Å². The zero-order valence-corrected chi connectivity index (χ0v) is 11.9. The Hall–Kier alpha value is -1.42. The zero-order valence-electron chi connectivity index (χ0n) is 11.9. The Morgan fingerprint density at radius 1 is 1.47 bits per heavy atom. The third-order valence-corrected chi connectivity index (χ3v) is 3.91. The lowest BCUT2D eigenvalue weighted by Crippen LogP contribution is -2.26. The molecule has 2 rings (SSSR count). The van der Waals surface area contributed by atoms with E-state index in [0.29, 0.717) is 11.3 Å². The van der Waals surface area contributed by atoms with Crippen molar-refractivity contribution in [1.82, 2.24) is 9.88 Å². The van der Waals surface area contributed by atoms with Gasteiger partial charge in [-0.2, -0.15) is 0 Å². The van der Waals surface area contributed by atoms with Crippen LogP contribution in [0, 0.1) is 11.3 Å². The van der Waals surface area contributed by atoms with Crippen molar-refractivity contribution in [2.75, 3.05) is 13.1 Å². The van der Waals surface area contributed by atoms with Crippen LogP contribution in [-0.4, -0.2) is 34.0 Å². The molecule has 1 atom stereocenters. The van der Waals surface area contributed by atoms with Gasteiger partial charge in [-0.25, -0.2) is 9.78 Å². The molecule has 1 fully saturated rings.